The van der Waals surface area contributed by atoms with E-state index in [4.69, 9.17) is 0 Å². The van der Waals surface area contributed by atoms with E-state index in [0.717, 1.165) is 42.0 Å². The number of amides is 2. The summed E-state index contributed by atoms with van der Waals surface area (Å²) in [6, 6.07) is 16.1. The first kappa shape index (κ1) is 22.1. The van der Waals surface area contributed by atoms with Gasteiger partial charge in [-0.3, -0.25) is 14.5 Å². The van der Waals surface area contributed by atoms with Crippen molar-refractivity contribution in [3.63, 3.8) is 0 Å². The van der Waals surface area contributed by atoms with Gasteiger partial charge in [0, 0.05) is 57.2 Å². The molecule has 6 rings (SSSR count). The number of hydrogen-bond acceptors (Lipinski definition) is 5. The van der Waals surface area contributed by atoms with Crippen molar-refractivity contribution < 1.29 is 14.7 Å². The number of aliphatic hydroxyl groups is 1. The minimum Gasteiger partial charge on any atom is -0.395 e. The van der Waals surface area contributed by atoms with Crippen molar-refractivity contribution in [3.8, 4) is 0 Å². The van der Waals surface area contributed by atoms with Gasteiger partial charge in [-0.15, -0.1) is 0 Å². The molecule has 35 heavy (non-hydrogen) atoms. The highest BCUT2D eigenvalue weighted by Crippen LogP contribution is 2.44. The van der Waals surface area contributed by atoms with Crippen LogP contribution in [0, 0.1) is 0 Å². The number of carbonyl (C=O) groups excluding carboxylic acids is 2. The molecule has 3 aliphatic rings. The molecule has 182 valence electrons. The standard InChI is InChI=1S/C27H31N5O3/c1-28-22-8-4-3-7-21(22)27(35)31-11-10-20-19-6-2-5-9-23(19)32(25(20)26(28)31)18-24(34)30-14-12-29(13-15-30)16-17-33/h2-9,26,33H,10-18H2,1H3. The summed E-state index contributed by atoms with van der Waals surface area (Å²) in [5, 5.41) is 10.4. The summed E-state index contributed by atoms with van der Waals surface area (Å²) in [5.41, 5.74) is 4.99. The Balaban J connectivity index is 1.39. The van der Waals surface area contributed by atoms with Gasteiger partial charge in [-0.05, 0) is 30.2 Å². The van der Waals surface area contributed by atoms with E-state index in [-0.39, 0.29) is 31.1 Å². The van der Waals surface area contributed by atoms with Crippen LogP contribution in [0.15, 0.2) is 48.5 Å². The summed E-state index contributed by atoms with van der Waals surface area (Å²) in [6.07, 6.45) is 0.525. The topological polar surface area (TPSA) is 72.3 Å². The van der Waals surface area contributed by atoms with Crippen molar-refractivity contribution in [2.45, 2.75) is 19.1 Å². The third kappa shape index (κ3) is 3.51. The van der Waals surface area contributed by atoms with Gasteiger partial charge in [0.05, 0.1) is 23.6 Å². The largest absolute Gasteiger partial charge is 0.395 e. The molecule has 8 heteroatoms. The Morgan fingerprint density at radius 1 is 1.00 bits per heavy atom. The van der Waals surface area contributed by atoms with Crippen molar-refractivity contribution >= 4 is 28.4 Å². The Labute approximate surface area is 204 Å². The average Bonchev–Trinajstić information content (AvgIpc) is 3.21. The third-order valence-corrected chi connectivity index (χ3v) is 7.84. The minimum atomic E-state index is -0.247. The van der Waals surface area contributed by atoms with Crippen LogP contribution in [0.1, 0.15) is 27.8 Å². The second-order valence-corrected chi connectivity index (χ2v) is 9.66. The van der Waals surface area contributed by atoms with Gasteiger partial charge in [-0.25, -0.2) is 0 Å². The van der Waals surface area contributed by atoms with E-state index < -0.39 is 0 Å². The van der Waals surface area contributed by atoms with Gasteiger partial charge in [0.25, 0.3) is 5.91 Å². The third-order valence-electron chi connectivity index (χ3n) is 7.84. The van der Waals surface area contributed by atoms with Crippen LogP contribution in [-0.4, -0.2) is 89.1 Å². The van der Waals surface area contributed by atoms with Gasteiger partial charge in [0.2, 0.25) is 5.91 Å². The van der Waals surface area contributed by atoms with Crippen molar-refractivity contribution in [3.05, 3.63) is 65.4 Å². The molecular formula is C27H31N5O3. The van der Waals surface area contributed by atoms with Gasteiger partial charge in [-0.1, -0.05) is 30.3 Å². The predicted molar refractivity (Wildman–Crippen MR) is 134 cm³/mol. The Bertz CT molecular complexity index is 1290. The molecule has 1 saturated heterocycles. The summed E-state index contributed by atoms with van der Waals surface area (Å²) < 4.78 is 2.15. The molecule has 1 fully saturated rings. The van der Waals surface area contributed by atoms with Crippen LogP contribution in [0.5, 0.6) is 0 Å². The molecule has 1 unspecified atom stereocenters. The van der Waals surface area contributed by atoms with Crippen molar-refractivity contribution in [2.75, 3.05) is 57.8 Å². The summed E-state index contributed by atoms with van der Waals surface area (Å²) >= 11 is 0. The molecular weight excluding hydrogens is 442 g/mol. The maximum absolute atomic E-state index is 13.5. The summed E-state index contributed by atoms with van der Waals surface area (Å²) in [5.74, 6) is 0.150. The van der Waals surface area contributed by atoms with Crippen molar-refractivity contribution in [1.82, 2.24) is 19.3 Å². The minimum absolute atomic E-state index is 0.0532. The number of aliphatic hydroxyl groups excluding tert-OH is 1. The Kier molecular flexibility index (Phi) is 5.50. The van der Waals surface area contributed by atoms with E-state index in [1.165, 1.54) is 10.9 Å². The van der Waals surface area contributed by atoms with Gasteiger partial charge in [0.1, 0.15) is 12.7 Å². The zero-order valence-corrected chi connectivity index (χ0v) is 20.1. The van der Waals surface area contributed by atoms with Crippen LogP contribution < -0.4 is 4.90 Å². The van der Waals surface area contributed by atoms with Crippen molar-refractivity contribution in [2.24, 2.45) is 0 Å². The lowest BCUT2D eigenvalue weighted by molar-refractivity contribution is -0.133. The highest BCUT2D eigenvalue weighted by molar-refractivity contribution is 6.02. The number of rotatable bonds is 4. The maximum atomic E-state index is 13.5. The Morgan fingerprint density at radius 2 is 1.74 bits per heavy atom. The second kappa shape index (κ2) is 8.70. The molecule has 0 spiro atoms. The fraction of sp³-hybridized carbons (Fsp3) is 0.407. The Morgan fingerprint density at radius 3 is 2.54 bits per heavy atom. The lowest BCUT2D eigenvalue weighted by Crippen LogP contribution is -2.52. The fourth-order valence-electron chi connectivity index (χ4n) is 6.08. The van der Waals surface area contributed by atoms with E-state index in [2.05, 4.69) is 26.5 Å². The number of piperazine rings is 1. The van der Waals surface area contributed by atoms with Crippen LogP contribution in [0.25, 0.3) is 10.9 Å². The number of hydrogen-bond donors (Lipinski definition) is 1. The van der Waals surface area contributed by atoms with E-state index in [1.807, 2.05) is 53.2 Å². The monoisotopic (exact) mass is 473 g/mol. The van der Waals surface area contributed by atoms with E-state index in [1.54, 1.807) is 0 Å². The highest BCUT2D eigenvalue weighted by Gasteiger charge is 2.43. The number of aromatic nitrogens is 1. The first-order chi connectivity index (χ1) is 17.1. The number of carbonyl (C=O) groups is 2. The lowest BCUT2D eigenvalue weighted by Gasteiger charge is -2.46. The van der Waals surface area contributed by atoms with Crippen LogP contribution >= 0.6 is 0 Å². The summed E-state index contributed by atoms with van der Waals surface area (Å²) in [4.78, 5) is 35.2. The predicted octanol–water partition coefficient (Wildman–Crippen LogP) is 1.92. The van der Waals surface area contributed by atoms with Crippen LogP contribution in [-0.2, 0) is 17.8 Å². The zero-order chi connectivity index (χ0) is 24.1. The molecule has 2 aromatic carbocycles. The molecule has 0 saturated carbocycles. The summed E-state index contributed by atoms with van der Waals surface area (Å²) in [7, 11) is 2.04. The smallest absolute Gasteiger partial charge is 0.257 e. The molecule has 3 aliphatic heterocycles. The van der Waals surface area contributed by atoms with E-state index in [0.29, 0.717) is 26.2 Å². The van der Waals surface area contributed by atoms with Gasteiger partial charge >= 0.3 is 0 Å². The Hall–Kier alpha value is -3.36. The van der Waals surface area contributed by atoms with Crippen LogP contribution in [0.4, 0.5) is 5.69 Å². The average molecular weight is 474 g/mol. The van der Waals surface area contributed by atoms with Gasteiger partial charge in [-0.2, -0.15) is 0 Å². The fourth-order valence-corrected chi connectivity index (χ4v) is 6.08. The van der Waals surface area contributed by atoms with Crippen LogP contribution in [0.3, 0.4) is 0 Å². The van der Waals surface area contributed by atoms with Gasteiger partial charge in [0.15, 0.2) is 0 Å². The van der Waals surface area contributed by atoms with Gasteiger partial charge < -0.3 is 24.4 Å². The normalized spacial score (nSPS) is 20.1. The molecule has 0 aliphatic carbocycles. The number of anilines is 1. The maximum Gasteiger partial charge on any atom is 0.257 e. The quantitative estimate of drug-likeness (QED) is 0.627. The number of fused-ring (bicyclic) bond motifs is 6. The first-order valence-electron chi connectivity index (χ1n) is 12.4. The van der Waals surface area contributed by atoms with E-state index in [9.17, 15) is 14.7 Å². The number of benzene rings is 2. The molecule has 0 bridgehead atoms. The molecule has 8 nitrogen and oxygen atoms in total. The highest BCUT2D eigenvalue weighted by atomic mass is 16.3. The van der Waals surface area contributed by atoms with E-state index >= 15 is 0 Å². The number of para-hydroxylation sites is 2. The zero-order valence-electron chi connectivity index (χ0n) is 20.1. The molecule has 1 aromatic heterocycles. The summed E-state index contributed by atoms with van der Waals surface area (Å²) in [6.45, 7) is 4.60. The number of β-amino-alcohol motifs (C(OH)–C–C–N with tert-alkyl or cyclic N) is 1. The first-order valence-corrected chi connectivity index (χ1v) is 12.4. The molecule has 2 amide bonds. The molecule has 1 N–H and O–H groups in total. The van der Waals surface area contributed by atoms with Crippen molar-refractivity contribution in [1.29, 1.82) is 0 Å². The molecule has 1 atom stereocenters. The molecule has 0 radical (unpaired) electrons. The molecule has 3 aromatic rings. The molecule has 4 heterocycles. The SMILES string of the molecule is CN1c2ccccc2C(=O)N2CCc3c(n(CC(=O)N4CCN(CCO)CC4)c4ccccc34)C21. The number of nitrogens with zero attached hydrogens (tertiary/aromatic N) is 5. The second-order valence-electron chi connectivity index (χ2n) is 9.66. The lowest BCUT2D eigenvalue weighted by atomic mass is 9.96. The van der Waals surface area contributed by atoms with Crippen LogP contribution in [0.2, 0.25) is 0 Å².